The first-order chi connectivity index (χ1) is 15.9. The number of amides is 2. The van der Waals surface area contributed by atoms with E-state index in [0.29, 0.717) is 39.9 Å². The molecular weight excluding hydrogens is 448 g/mol. The number of urea groups is 1. The number of rotatable bonds is 6. The highest BCUT2D eigenvalue weighted by molar-refractivity contribution is 6.31. The van der Waals surface area contributed by atoms with Crippen LogP contribution in [0.2, 0.25) is 5.02 Å². The van der Waals surface area contributed by atoms with Crippen molar-refractivity contribution >= 4 is 28.5 Å². The molecule has 0 aliphatic rings. The molecule has 1 atom stereocenters. The lowest BCUT2D eigenvalue weighted by atomic mass is 10.1. The maximum absolute atomic E-state index is 13.7. The van der Waals surface area contributed by atoms with E-state index in [-0.39, 0.29) is 11.6 Å². The van der Waals surface area contributed by atoms with Gasteiger partial charge in [0.05, 0.1) is 22.6 Å². The van der Waals surface area contributed by atoms with Crippen molar-refractivity contribution in [2.75, 3.05) is 6.54 Å². The fourth-order valence-electron chi connectivity index (χ4n) is 3.80. The summed E-state index contributed by atoms with van der Waals surface area (Å²) in [6.07, 6.45) is 0.829. The normalized spacial score (nSPS) is 12.7. The first-order valence-corrected chi connectivity index (χ1v) is 12.1. The maximum atomic E-state index is 13.7. The van der Waals surface area contributed by atoms with E-state index in [1.807, 2.05) is 58.9 Å². The Hall–Kier alpha value is -2.86. The van der Waals surface area contributed by atoms with Gasteiger partial charge in [0.1, 0.15) is 5.82 Å². The lowest BCUT2D eigenvalue weighted by molar-refractivity contribution is 0.163. The predicted molar refractivity (Wildman–Crippen MR) is 140 cm³/mol. The molecule has 0 aliphatic carbocycles. The average molecular weight is 483 g/mol. The molecule has 0 bridgehead atoms. The van der Waals surface area contributed by atoms with Crippen molar-refractivity contribution in [3.63, 3.8) is 0 Å². The van der Waals surface area contributed by atoms with Gasteiger partial charge in [-0.15, -0.1) is 0 Å². The molecule has 0 radical (unpaired) electrons. The molecular formula is C27H35ClN4O2. The Morgan fingerprint density at radius 1 is 1.12 bits per heavy atom. The molecule has 2 aromatic carbocycles. The number of fused-ring (bicyclic) bond motifs is 1. The van der Waals surface area contributed by atoms with Crippen LogP contribution in [-0.2, 0) is 0 Å². The fraction of sp³-hybridized carbons (Fsp3) is 0.444. The van der Waals surface area contributed by atoms with Crippen molar-refractivity contribution in [1.82, 2.24) is 19.8 Å². The van der Waals surface area contributed by atoms with Crippen molar-refractivity contribution in [2.45, 2.75) is 66.5 Å². The summed E-state index contributed by atoms with van der Waals surface area (Å²) < 4.78 is 1.62. The third kappa shape index (κ3) is 5.98. The Kier molecular flexibility index (Phi) is 7.71. The monoisotopic (exact) mass is 482 g/mol. The summed E-state index contributed by atoms with van der Waals surface area (Å²) in [5.74, 6) is 0.913. The Morgan fingerprint density at radius 3 is 2.35 bits per heavy atom. The number of hydrogen-bond donors (Lipinski definition) is 1. The largest absolute Gasteiger partial charge is 0.333 e. The Balaban J connectivity index is 2.22. The van der Waals surface area contributed by atoms with Gasteiger partial charge in [0.15, 0.2) is 0 Å². The van der Waals surface area contributed by atoms with E-state index in [2.05, 4.69) is 19.2 Å². The van der Waals surface area contributed by atoms with Crippen LogP contribution in [-0.4, -0.2) is 32.6 Å². The number of nitrogens with one attached hydrogen (secondary N) is 1. The summed E-state index contributed by atoms with van der Waals surface area (Å²) >= 11 is 6.22. The number of carbonyl (C=O) groups excluding carboxylic acids is 1. The zero-order valence-corrected chi connectivity index (χ0v) is 21.9. The standard InChI is InChI=1S/C27H35ClN4O2/c1-17(2)14-15-31(26(34)30-27(5,6)7)19(4)24-29-23-16-20(28)10-13-22(23)25(33)32(24)21-11-8-18(3)9-12-21/h8-13,16-17,19H,14-15H2,1-7H3,(H,30,34). The zero-order chi connectivity index (χ0) is 25.2. The number of aromatic nitrogens is 2. The van der Waals surface area contributed by atoms with Crippen LogP contribution < -0.4 is 10.9 Å². The van der Waals surface area contributed by atoms with E-state index in [0.717, 1.165) is 12.0 Å². The molecule has 0 saturated heterocycles. The van der Waals surface area contributed by atoms with Gasteiger partial charge in [-0.1, -0.05) is 43.1 Å². The van der Waals surface area contributed by atoms with Crippen LogP contribution in [0, 0.1) is 12.8 Å². The molecule has 182 valence electrons. The molecule has 0 aliphatic heterocycles. The summed E-state index contributed by atoms with van der Waals surface area (Å²) in [6, 6.07) is 12.2. The van der Waals surface area contributed by atoms with Gasteiger partial charge in [0.25, 0.3) is 5.56 Å². The van der Waals surface area contributed by atoms with Gasteiger partial charge in [-0.05, 0) is 77.3 Å². The summed E-state index contributed by atoms with van der Waals surface area (Å²) in [4.78, 5) is 33.7. The highest BCUT2D eigenvalue weighted by Crippen LogP contribution is 2.25. The van der Waals surface area contributed by atoms with E-state index in [4.69, 9.17) is 16.6 Å². The van der Waals surface area contributed by atoms with E-state index in [1.165, 1.54) is 0 Å². The molecule has 1 unspecified atom stereocenters. The van der Waals surface area contributed by atoms with Gasteiger partial charge >= 0.3 is 6.03 Å². The van der Waals surface area contributed by atoms with Crippen LogP contribution >= 0.6 is 11.6 Å². The summed E-state index contributed by atoms with van der Waals surface area (Å²) in [6.45, 7) is 14.6. The van der Waals surface area contributed by atoms with Crippen LogP contribution in [0.5, 0.6) is 0 Å². The molecule has 2 amide bonds. The summed E-state index contributed by atoms with van der Waals surface area (Å²) in [5, 5.41) is 4.06. The molecule has 1 heterocycles. The highest BCUT2D eigenvalue weighted by atomic mass is 35.5. The molecule has 6 nitrogen and oxygen atoms in total. The zero-order valence-electron chi connectivity index (χ0n) is 21.1. The second-order valence-corrected chi connectivity index (χ2v) is 10.8. The van der Waals surface area contributed by atoms with Gasteiger partial charge in [-0.2, -0.15) is 0 Å². The quantitative estimate of drug-likeness (QED) is 0.450. The smallest absolute Gasteiger partial charge is 0.318 e. The summed E-state index contributed by atoms with van der Waals surface area (Å²) in [7, 11) is 0. The average Bonchev–Trinajstić information content (AvgIpc) is 2.72. The number of benzene rings is 2. The van der Waals surface area contributed by atoms with Crippen LogP contribution in [0.25, 0.3) is 16.6 Å². The molecule has 7 heteroatoms. The maximum Gasteiger partial charge on any atom is 0.318 e. The van der Waals surface area contributed by atoms with E-state index >= 15 is 0 Å². The summed E-state index contributed by atoms with van der Waals surface area (Å²) in [5.41, 5.74) is 1.74. The Morgan fingerprint density at radius 2 is 1.76 bits per heavy atom. The van der Waals surface area contributed by atoms with E-state index < -0.39 is 11.6 Å². The van der Waals surface area contributed by atoms with Crippen molar-refractivity contribution in [3.05, 3.63) is 69.2 Å². The van der Waals surface area contributed by atoms with E-state index in [9.17, 15) is 9.59 Å². The molecule has 0 spiro atoms. The number of nitrogens with zero attached hydrogens (tertiary/aromatic N) is 3. The number of aryl methyl sites for hydroxylation is 1. The second kappa shape index (κ2) is 10.2. The lowest BCUT2D eigenvalue weighted by Crippen LogP contribution is -2.50. The van der Waals surface area contributed by atoms with Crippen molar-refractivity contribution in [1.29, 1.82) is 0 Å². The van der Waals surface area contributed by atoms with Crippen LogP contribution in [0.15, 0.2) is 47.3 Å². The van der Waals surface area contributed by atoms with Gasteiger partial charge in [-0.25, -0.2) is 9.78 Å². The fourth-order valence-corrected chi connectivity index (χ4v) is 3.97. The molecule has 3 aromatic rings. The predicted octanol–water partition coefficient (Wildman–Crippen LogP) is 6.26. The van der Waals surface area contributed by atoms with Gasteiger partial charge in [-0.3, -0.25) is 9.36 Å². The molecule has 0 saturated carbocycles. The highest BCUT2D eigenvalue weighted by Gasteiger charge is 2.29. The van der Waals surface area contributed by atoms with Crippen molar-refractivity contribution in [2.24, 2.45) is 5.92 Å². The number of carbonyl (C=O) groups is 1. The SMILES string of the molecule is Cc1ccc(-n2c(C(C)N(CCC(C)C)C(=O)NC(C)(C)C)nc3cc(Cl)ccc3c2=O)cc1. The molecule has 1 N–H and O–H groups in total. The van der Waals surface area contributed by atoms with Crippen molar-refractivity contribution < 1.29 is 4.79 Å². The van der Waals surface area contributed by atoms with Crippen LogP contribution in [0.4, 0.5) is 4.79 Å². The van der Waals surface area contributed by atoms with Gasteiger partial charge < -0.3 is 10.2 Å². The Labute approximate surface area is 206 Å². The van der Waals surface area contributed by atoms with Gasteiger partial charge in [0, 0.05) is 17.1 Å². The van der Waals surface area contributed by atoms with Crippen LogP contribution in [0.3, 0.4) is 0 Å². The minimum absolute atomic E-state index is 0.184. The minimum Gasteiger partial charge on any atom is -0.333 e. The van der Waals surface area contributed by atoms with Gasteiger partial charge in [0.2, 0.25) is 0 Å². The molecule has 34 heavy (non-hydrogen) atoms. The second-order valence-electron chi connectivity index (χ2n) is 10.3. The van der Waals surface area contributed by atoms with Crippen molar-refractivity contribution in [3.8, 4) is 5.69 Å². The third-order valence-corrected chi connectivity index (χ3v) is 5.92. The Bertz CT molecular complexity index is 1230. The number of halogens is 1. The minimum atomic E-state index is -0.460. The molecule has 1 aromatic heterocycles. The number of hydrogen-bond acceptors (Lipinski definition) is 3. The van der Waals surface area contributed by atoms with E-state index in [1.54, 1.807) is 27.7 Å². The first-order valence-electron chi connectivity index (χ1n) is 11.8. The topological polar surface area (TPSA) is 67.2 Å². The van der Waals surface area contributed by atoms with Crippen LogP contribution in [0.1, 0.15) is 65.4 Å². The lowest BCUT2D eigenvalue weighted by Gasteiger charge is -2.34. The third-order valence-electron chi connectivity index (χ3n) is 5.68. The molecule has 0 fully saturated rings. The molecule has 3 rings (SSSR count). The first kappa shape index (κ1) is 25.8.